The fraction of sp³-hybridized carbons (Fsp3) is 0.469. The predicted octanol–water partition coefficient (Wildman–Crippen LogP) is 8.25. The summed E-state index contributed by atoms with van der Waals surface area (Å²) < 4.78 is 20.8. The molecule has 11 heteroatoms. The van der Waals surface area contributed by atoms with Crippen LogP contribution in [0, 0.1) is 13.8 Å². The number of benzene rings is 3. The molecule has 60 heavy (non-hydrogen) atoms. The van der Waals surface area contributed by atoms with Crippen LogP contribution in [0.3, 0.4) is 0 Å². The Morgan fingerprint density at radius 1 is 0.733 bits per heavy atom. The van der Waals surface area contributed by atoms with Crippen LogP contribution >= 0.6 is 0 Å². The maximum Gasteiger partial charge on any atom is 0.410 e. The highest BCUT2D eigenvalue weighted by Gasteiger charge is 2.32. The van der Waals surface area contributed by atoms with Crippen molar-refractivity contribution in [1.29, 1.82) is 0 Å². The average molecular weight is 815 g/mol. The highest BCUT2D eigenvalue weighted by Crippen LogP contribution is 2.42. The number of likely N-dealkylation sites (tertiary alicyclic amines) is 1. The maximum absolute atomic E-state index is 13.4. The van der Waals surface area contributed by atoms with E-state index in [4.69, 9.17) is 14.2 Å². The van der Waals surface area contributed by atoms with Crippen molar-refractivity contribution in [3.8, 4) is 11.5 Å². The number of hydrogen-bond donors (Lipinski definition) is 0. The minimum absolute atomic E-state index is 0.0633. The first-order valence-corrected chi connectivity index (χ1v) is 21.7. The summed E-state index contributed by atoms with van der Waals surface area (Å²) >= 11 is 0. The molecule has 4 aliphatic rings. The molecule has 0 unspecified atom stereocenters. The van der Waals surface area contributed by atoms with Crippen LogP contribution in [-0.2, 0) is 29.2 Å². The number of piperidine rings is 1. The number of aldehydes is 1. The zero-order valence-electron chi connectivity index (χ0n) is 35.7. The van der Waals surface area contributed by atoms with E-state index >= 15 is 0 Å². The first-order chi connectivity index (χ1) is 28.8. The summed E-state index contributed by atoms with van der Waals surface area (Å²) in [4.78, 5) is 53.5. The number of carbonyl (C=O) groups excluding carboxylic acids is 2. The number of aromatic nitrogens is 2. The summed E-state index contributed by atoms with van der Waals surface area (Å²) in [6, 6.07) is 22.3. The zero-order chi connectivity index (χ0) is 42.1. The Labute approximate surface area is 351 Å². The summed E-state index contributed by atoms with van der Waals surface area (Å²) in [6.07, 6.45) is 7.12. The molecule has 0 N–H and O–H groups in total. The Balaban J connectivity index is 0.000000230. The highest BCUT2D eigenvalue weighted by atomic mass is 16.6. The van der Waals surface area contributed by atoms with Gasteiger partial charge in [0.05, 0.1) is 17.6 Å². The van der Waals surface area contributed by atoms with E-state index in [1.807, 2.05) is 62.3 Å². The van der Waals surface area contributed by atoms with E-state index in [1.165, 1.54) is 36.8 Å². The molecule has 2 saturated carbocycles. The molecule has 11 nitrogen and oxygen atoms in total. The van der Waals surface area contributed by atoms with Gasteiger partial charge in [-0.25, -0.2) is 4.79 Å². The SMILES string of the molecule is Cc1cc(=O)n(CC=O)c2cc(C3CC3)ccc12.Cc1cc(=O)n(CCN2CCC(N(Cc3ccc4c(c3)OCCO4)C(=O)OC(C)(C)C)CC2)c2cc(C3CC3)ccc12. The second-order valence-corrected chi connectivity index (χ2v) is 18.0. The van der Waals surface area contributed by atoms with E-state index in [9.17, 15) is 19.2 Å². The van der Waals surface area contributed by atoms with Crippen molar-refractivity contribution in [2.75, 3.05) is 32.8 Å². The Hall–Kier alpha value is -5.42. The van der Waals surface area contributed by atoms with Crippen molar-refractivity contribution in [1.82, 2.24) is 18.9 Å². The molecule has 0 radical (unpaired) electrons. The number of pyridine rings is 2. The lowest BCUT2D eigenvalue weighted by atomic mass is 10.0. The van der Waals surface area contributed by atoms with Crippen LogP contribution in [0.15, 0.2) is 76.3 Å². The number of amides is 1. The lowest BCUT2D eigenvalue weighted by Crippen LogP contribution is -2.49. The molecule has 0 bridgehead atoms. The normalized spacial score (nSPS) is 16.9. The third-order valence-corrected chi connectivity index (χ3v) is 12.3. The summed E-state index contributed by atoms with van der Waals surface area (Å²) in [6.45, 7) is 14.5. The van der Waals surface area contributed by atoms with Gasteiger partial charge in [0, 0.05) is 61.7 Å². The molecule has 1 amide bonds. The van der Waals surface area contributed by atoms with Gasteiger partial charge in [-0.15, -0.1) is 0 Å². The van der Waals surface area contributed by atoms with E-state index in [1.54, 1.807) is 16.7 Å². The van der Waals surface area contributed by atoms with Gasteiger partial charge in [-0.2, -0.15) is 0 Å². The number of rotatable bonds is 10. The Bertz CT molecular complexity index is 2520. The standard InChI is InChI=1S/C34H43N3O5.C15H15NO2/c1-23-19-32(38)36(29-21-26(25-6-7-25)8-9-28(23)29)16-15-35-13-11-27(12-14-35)37(33(39)42-34(2,3)4)22-24-5-10-30-31(20-24)41-18-17-40-30;1-10-8-15(18)16(6-7-17)14-9-12(11-2-3-11)4-5-13(10)14/h5,8-10,19-21,25,27H,6-7,11-18,22H2,1-4H3;4-5,7-9,11H,2-3,6H2,1H3. The van der Waals surface area contributed by atoms with E-state index in [0.29, 0.717) is 38.1 Å². The summed E-state index contributed by atoms with van der Waals surface area (Å²) in [5.41, 5.74) is 6.96. The first kappa shape index (κ1) is 41.3. The Morgan fingerprint density at radius 2 is 1.30 bits per heavy atom. The van der Waals surface area contributed by atoms with E-state index in [2.05, 4.69) is 41.3 Å². The molecule has 2 aromatic heterocycles. The molecule has 3 aromatic carbocycles. The molecule has 4 heterocycles. The van der Waals surface area contributed by atoms with Crippen LogP contribution < -0.4 is 20.6 Å². The molecule has 0 atom stereocenters. The molecular weight excluding hydrogens is 757 g/mol. The first-order valence-electron chi connectivity index (χ1n) is 21.7. The fourth-order valence-corrected chi connectivity index (χ4v) is 8.71. The van der Waals surface area contributed by atoms with Crippen LogP contribution in [0.5, 0.6) is 11.5 Å². The Kier molecular flexibility index (Phi) is 11.9. The van der Waals surface area contributed by atoms with Crippen LogP contribution in [0.2, 0.25) is 0 Å². The molecule has 9 rings (SSSR count). The largest absolute Gasteiger partial charge is 0.486 e. The van der Waals surface area contributed by atoms with E-state index in [0.717, 1.165) is 88.8 Å². The zero-order valence-corrected chi connectivity index (χ0v) is 35.7. The van der Waals surface area contributed by atoms with E-state index in [-0.39, 0.29) is 29.8 Å². The second kappa shape index (κ2) is 17.3. The fourth-order valence-electron chi connectivity index (χ4n) is 8.71. The number of ether oxygens (including phenoxy) is 3. The Morgan fingerprint density at radius 3 is 1.87 bits per heavy atom. The van der Waals surface area contributed by atoms with E-state index < -0.39 is 5.60 Å². The van der Waals surface area contributed by atoms with Crippen LogP contribution in [-0.4, -0.2) is 75.8 Å². The predicted molar refractivity (Wildman–Crippen MR) is 235 cm³/mol. The van der Waals surface area contributed by atoms with Gasteiger partial charge >= 0.3 is 6.09 Å². The molecule has 0 spiro atoms. The van der Waals surface area contributed by atoms with Gasteiger partial charge in [0.1, 0.15) is 25.1 Å². The van der Waals surface area contributed by atoms with Crippen LogP contribution in [0.25, 0.3) is 21.8 Å². The molecule has 3 fully saturated rings. The van der Waals surface area contributed by atoms with Gasteiger partial charge < -0.3 is 37.9 Å². The lowest BCUT2D eigenvalue weighted by molar-refractivity contribution is -0.108. The molecule has 1 saturated heterocycles. The summed E-state index contributed by atoms with van der Waals surface area (Å²) in [5, 5.41) is 2.21. The van der Waals surface area contributed by atoms with Gasteiger partial charge in [-0.05, 0) is 137 Å². The molecule has 5 aromatic rings. The second-order valence-electron chi connectivity index (χ2n) is 18.0. The monoisotopic (exact) mass is 814 g/mol. The lowest BCUT2D eigenvalue weighted by Gasteiger charge is -2.39. The smallest absolute Gasteiger partial charge is 0.410 e. The third kappa shape index (κ3) is 9.46. The van der Waals surface area contributed by atoms with Crippen molar-refractivity contribution in [3.05, 3.63) is 115 Å². The molecule has 2 aliphatic heterocycles. The van der Waals surface area contributed by atoms with Crippen molar-refractivity contribution in [2.45, 2.75) is 116 Å². The number of nitrogens with zero attached hydrogens (tertiary/aromatic N) is 4. The topological polar surface area (TPSA) is 112 Å². The van der Waals surface area contributed by atoms with Crippen LogP contribution in [0.1, 0.15) is 98.9 Å². The summed E-state index contributed by atoms with van der Waals surface area (Å²) in [7, 11) is 0. The highest BCUT2D eigenvalue weighted by molar-refractivity contribution is 5.84. The van der Waals surface area contributed by atoms with Gasteiger partial charge in [0.2, 0.25) is 0 Å². The van der Waals surface area contributed by atoms with Crippen LogP contribution in [0.4, 0.5) is 4.79 Å². The summed E-state index contributed by atoms with van der Waals surface area (Å²) in [5.74, 6) is 2.76. The number of carbonyl (C=O) groups is 2. The number of hydrogen-bond acceptors (Lipinski definition) is 8. The van der Waals surface area contributed by atoms with Gasteiger partial charge in [-0.3, -0.25) is 9.59 Å². The van der Waals surface area contributed by atoms with Crippen molar-refractivity contribution in [3.63, 3.8) is 0 Å². The van der Waals surface area contributed by atoms with Crippen molar-refractivity contribution in [2.24, 2.45) is 0 Å². The minimum atomic E-state index is -0.577. The molecule has 2 aliphatic carbocycles. The molecular formula is C49H58N4O7. The maximum atomic E-state index is 13.4. The number of aryl methyl sites for hydroxylation is 2. The molecule has 316 valence electrons. The van der Waals surface area contributed by atoms with Crippen molar-refractivity contribution < 1.29 is 23.8 Å². The minimum Gasteiger partial charge on any atom is -0.486 e. The quantitative estimate of drug-likeness (QED) is 0.130. The third-order valence-electron chi connectivity index (χ3n) is 12.3. The van der Waals surface area contributed by atoms with Gasteiger partial charge in [-0.1, -0.05) is 30.3 Å². The van der Waals surface area contributed by atoms with Gasteiger partial charge in [0.15, 0.2) is 11.5 Å². The number of fused-ring (bicyclic) bond motifs is 3. The average Bonchev–Trinajstić information content (AvgIpc) is 4.16. The van der Waals surface area contributed by atoms with Gasteiger partial charge in [0.25, 0.3) is 11.1 Å². The van der Waals surface area contributed by atoms with Crippen molar-refractivity contribution >= 4 is 34.2 Å².